The number of nitrogens with zero attached hydrogens (tertiary/aromatic N) is 1. The minimum absolute atomic E-state index is 0.0261. The first-order valence-electron chi connectivity index (χ1n) is 5.01. The van der Waals surface area contributed by atoms with Gasteiger partial charge in [0, 0.05) is 19.7 Å². The van der Waals surface area contributed by atoms with Gasteiger partial charge in [0.2, 0.25) is 5.91 Å². The third-order valence-corrected chi connectivity index (χ3v) is 1.93. The first-order valence-corrected chi connectivity index (χ1v) is 5.01. The van der Waals surface area contributed by atoms with Gasteiger partial charge >= 0.3 is 0 Å². The summed E-state index contributed by atoms with van der Waals surface area (Å²) >= 11 is 0. The fourth-order valence-electron chi connectivity index (χ4n) is 1.13. The van der Waals surface area contributed by atoms with Crippen molar-refractivity contribution < 1.29 is 9.53 Å². The fourth-order valence-corrected chi connectivity index (χ4v) is 1.13. The lowest BCUT2D eigenvalue weighted by Gasteiger charge is -2.17. The van der Waals surface area contributed by atoms with E-state index in [-0.39, 0.29) is 18.0 Å². The van der Waals surface area contributed by atoms with Gasteiger partial charge in [-0.2, -0.15) is 5.26 Å². The zero-order valence-corrected chi connectivity index (χ0v) is 9.54. The van der Waals surface area contributed by atoms with Crippen LogP contribution in [0.2, 0.25) is 0 Å². The Morgan fingerprint density at radius 3 is 2.73 bits per heavy atom. The Labute approximate surface area is 90.8 Å². The highest BCUT2D eigenvalue weighted by atomic mass is 16.5. The molecule has 0 aliphatic rings. The standard InChI is InChI=1S/C10H19N3O2/c1-8(4-5-11)13-9(2)10(14)12-6-7-15-3/h8-9,13H,4,6-7H2,1-3H3,(H,12,14). The molecule has 2 unspecified atom stereocenters. The molecular formula is C10H19N3O2. The normalized spacial score (nSPS) is 14.0. The van der Waals surface area contributed by atoms with Crippen molar-refractivity contribution in [1.82, 2.24) is 10.6 Å². The summed E-state index contributed by atoms with van der Waals surface area (Å²) in [6.45, 7) is 4.67. The predicted octanol–water partition coefficient (Wildman–Crippen LogP) is 0.0293. The molecule has 2 N–H and O–H groups in total. The molecular weight excluding hydrogens is 194 g/mol. The van der Waals surface area contributed by atoms with Gasteiger partial charge in [0.1, 0.15) is 0 Å². The second kappa shape index (κ2) is 8.21. The van der Waals surface area contributed by atoms with Crippen LogP contribution in [0.15, 0.2) is 0 Å². The van der Waals surface area contributed by atoms with Gasteiger partial charge in [-0.3, -0.25) is 4.79 Å². The number of hydrogen-bond acceptors (Lipinski definition) is 4. The lowest BCUT2D eigenvalue weighted by molar-refractivity contribution is -0.123. The van der Waals surface area contributed by atoms with Crippen LogP contribution in [-0.4, -0.2) is 38.3 Å². The van der Waals surface area contributed by atoms with Crippen molar-refractivity contribution in [2.24, 2.45) is 0 Å². The van der Waals surface area contributed by atoms with E-state index in [1.165, 1.54) is 0 Å². The van der Waals surface area contributed by atoms with Crippen LogP contribution in [0.3, 0.4) is 0 Å². The lowest BCUT2D eigenvalue weighted by Crippen LogP contribution is -2.46. The molecule has 15 heavy (non-hydrogen) atoms. The van der Waals surface area contributed by atoms with Crippen molar-refractivity contribution in [2.45, 2.75) is 32.4 Å². The molecule has 0 bridgehead atoms. The molecule has 0 aromatic rings. The number of methoxy groups -OCH3 is 1. The Bertz CT molecular complexity index is 225. The number of carbonyl (C=O) groups is 1. The molecule has 0 aliphatic carbocycles. The van der Waals surface area contributed by atoms with Crippen molar-refractivity contribution in [3.05, 3.63) is 0 Å². The molecule has 0 fully saturated rings. The minimum atomic E-state index is -0.287. The summed E-state index contributed by atoms with van der Waals surface area (Å²) < 4.78 is 4.81. The van der Waals surface area contributed by atoms with E-state index in [0.29, 0.717) is 19.6 Å². The van der Waals surface area contributed by atoms with Crippen LogP contribution in [0.4, 0.5) is 0 Å². The van der Waals surface area contributed by atoms with Crippen LogP contribution in [0.25, 0.3) is 0 Å². The maximum absolute atomic E-state index is 11.4. The second-order valence-electron chi connectivity index (χ2n) is 3.44. The Balaban J connectivity index is 3.74. The number of carbonyl (C=O) groups excluding carboxylic acids is 1. The van der Waals surface area contributed by atoms with Crippen molar-refractivity contribution in [1.29, 1.82) is 5.26 Å². The quantitative estimate of drug-likeness (QED) is 0.585. The van der Waals surface area contributed by atoms with Crippen LogP contribution in [0.1, 0.15) is 20.3 Å². The topological polar surface area (TPSA) is 74.2 Å². The maximum Gasteiger partial charge on any atom is 0.236 e. The predicted molar refractivity (Wildman–Crippen MR) is 57.2 cm³/mol. The summed E-state index contributed by atoms with van der Waals surface area (Å²) in [7, 11) is 1.59. The van der Waals surface area contributed by atoms with Gasteiger partial charge in [0.05, 0.1) is 25.1 Å². The summed E-state index contributed by atoms with van der Waals surface area (Å²) in [5, 5.41) is 14.2. The molecule has 0 aliphatic heterocycles. The second-order valence-corrected chi connectivity index (χ2v) is 3.44. The van der Waals surface area contributed by atoms with Gasteiger partial charge < -0.3 is 15.4 Å². The molecule has 0 rings (SSSR count). The van der Waals surface area contributed by atoms with Crippen molar-refractivity contribution in [2.75, 3.05) is 20.3 Å². The highest BCUT2D eigenvalue weighted by molar-refractivity contribution is 5.81. The van der Waals surface area contributed by atoms with E-state index in [4.69, 9.17) is 10.00 Å². The summed E-state index contributed by atoms with van der Waals surface area (Å²) in [6, 6.07) is 1.79. The maximum atomic E-state index is 11.4. The van der Waals surface area contributed by atoms with Gasteiger partial charge in [-0.25, -0.2) is 0 Å². The number of hydrogen-bond donors (Lipinski definition) is 2. The van der Waals surface area contributed by atoms with Crippen LogP contribution in [0, 0.1) is 11.3 Å². The van der Waals surface area contributed by atoms with E-state index in [2.05, 4.69) is 10.6 Å². The van der Waals surface area contributed by atoms with Gasteiger partial charge in [-0.15, -0.1) is 0 Å². The fraction of sp³-hybridized carbons (Fsp3) is 0.800. The third kappa shape index (κ3) is 6.89. The molecule has 0 spiro atoms. The van der Waals surface area contributed by atoms with E-state index < -0.39 is 0 Å². The van der Waals surface area contributed by atoms with Crippen molar-refractivity contribution in [3.63, 3.8) is 0 Å². The molecule has 5 nitrogen and oxygen atoms in total. The van der Waals surface area contributed by atoms with Crippen LogP contribution < -0.4 is 10.6 Å². The summed E-state index contributed by atoms with van der Waals surface area (Å²) in [6.07, 6.45) is 0.399. The van der Waals surface area contributed by atoms with Gasteiger partial charge in [0.25, 0.3) is 0 Å². The zero-order chi connectivity index (χ0) is 11.7. The van der Waals surface area contributed by atoms with Gasteiger partial charge in [0.15, 0.2) is 0 Å². The number of amides is 1. The SMILES string of the molecule is COCCNC(=O)C(C)NC(C)CC#N. The Morgan fingerprint density at radius 2 is 2.20 bits per heavy atom. The van der Waals surface area contributed by atoms with E-state index in [0.717, 1.165) is 0 Å². The molecule has 0 heterocycles. The molecule has 86 valence electrons. The molecule has 2 atom stereocenters. The number of nitriles is 1. The summed E-state index contributed by atoms with van der Waals surface area (Å²) in [4.78, 5) is 11.4. The molecule has 0 aromatic heterocycles. The van der Waals surface area contributed by atoms with Crippen molar-refractivity contribution in [3.8, 4) is 6.07 Å². The highest BCUT2D eigenvalue weighted by Crippen LogP contribution is 1.91. The summed E-state index contributed by atoms with van der Waals surface area (Å²) in [5.41, 5.74) is 0. The molecule has 0 saturated heterocycles. The number of rotatable bonds is 7. The zero-order valence-electron chi connectivity index (χ0n) is 9.54. The monoisotopic (exact) mass is 213 g/mol. The smallest absolute Gasteiger partial charge is 0.236 e. The highest BCUT2D eigenvalue weighted by Gasteiger charge is 2.14. The molecule has 5 heteroatoms. The molecule has 0 saturated carbocycles. The Morgan fingerprint density at radius 1 is 1.53 bits per heavy atom. The first-order chi connectivity index (χ1) is 7.11. The van der Waals surface area contributed by atoms with Crippen LogP contribution in [-0.2, 0) is 9.53 Å². The van der Waals surface area contributed by atoms with E-state index in [1.807, 2.05) is 13.0 Å². The molecule has 1 amide bonds. The molecule has 0 radical (unpaired) electrons. The van der Waals surface area contributed by atoms with Crippen LogP contribution in [0.5, 0.6) is 0 Å². The Kier molecular flexibility index (Phi) is 7.60. The van der Waals surface area contributed by atoms with E-state index in [9.17, 15) is 4.79 Å². The van der Waals surface area contributed by atoms with Crippen molar-refractivity contribution >= 4 is 5.91 Å². The largest absolute Gasteiger partial charge is 0.383 e. The lowest BCUT2D eigenvalue weighted by atomic mass is 10.2. The average Bonchev–Trinajstić information content (AvgIpc) is 2.18. The Hall–Kier alpha value is -1.12. The summed E-state index contributed by atoms with van der Waals surface area (Å²) in [5.74, 6) is -0.0724. The first kappa shape index (κ1) is 13.9. The van der Waals surface area contributed by atoms with Gasteiger partial charge in [-0.05, 0) is 13.8 Å². The minimum Gasteiger partial charge on any atom is -0.383 e. The van der Waals surface area contributed by atoms with Crippen LogP contribution >= 0.6 is 0 Å². The van der Waals surface area contributed by atoms with E-state index in [1.54, 1.807) is 14.0 Å². The number of nitrogens with one attached hydrogen (secondary N) is 2. The third-order valence-electron chi connectivity index (χ3n) is 1.93. The van der Waals surface area contributed by atoms with Gasteiger partial charge in [-0.1, -0.05) is 0 Å². The number of ether oxygens (including phenoxy) is 1. The average molecular weight is 213 g/mol. The molecule has 0 aromatic carbocycles. The van der Waals surface area contributed by atoms with E-state index >= 15 is 0 Å².